The molecule has 1 fully saturated rings. The second kappa shape index (κ2) is 5.80. The molecule has 1 aliphatic heterocycles. The van der Waals surface area contributed by atoms with Crippen molar-refractivity contribution < 1.29 is 9.26 Å². The summed E-state index contributed by atoms with van der Waals surface area (Å²) in [5.74, 6) is 1.42. The average molecular weight is 262 g/mol. The van der Waals surface area contributed by atoms with Gasteiger partial charge in [0.2, 0.25) is 5.89 Å². The number of hydrogen-bond donors (Lipinski definition) is 1. The molecule has 98 valence electrons. The molecule has 5 nitrogen and oxygen atoms in total. The Labute approximate surface area is 108 Å². The zero-order chi connectivity index (χ0) is 11.6. The van der Waals surface area contributed by atoms with E-state index in [-0.39, 0.29) is 23.9 Å². The fraction of sp³-hybridized carbons (Fsp3) is 0.818. The smallest absolute Gasteiger partial charge is 0.229 e. The van der Waals surface area contributed by atoms with Crippen LogP contribution in [0.1, 0.15) is 32.5 Å². The quantitative estimate of drug-likeness (QED) is 0.870. The third-order valence-corrected chi connectivity index (χ3v) is 2.55. The van der Waals surface area contributed by atoms with Crippen LogP contribution in [0.3, 0.4) is 0 Å². The Morgan fingerprint density at radius 2 is 2.18 bits per heavy atom. The molecule has 0 aromatic carbocycles. The standard InChI is InChI=1S/C11H19N3O2.ClH/c1-11(2,3)10-13-9(16-14-10)6-8-7-12-4-5-15-8;/h8,12H,4-7H2,1-3H3;1H. The molecule has 0 bridgehead atoms. The lowest BCUT2D eigenvalue weighted by atomic mass is 9.96. The molecule has 1 aromatic heterocycles. The molecule has 0 spiro atoms. The number of aromatic nitrogens is 2. The van der Waals surface area contributed by atoms with Gasteiger partial charge in [-0.25, -0.2) is 0 Å². The van der Waals surface area contributed by atoms with Crippen molar-refractivity contribution in [3.8, 4) is 0 Å². The van der Waals surface area contributed by atoms with Crippen molar-refractivity contribution in [1.29, 1.82) is 0 Å². The van der Waals surface area contributed by atoms with E-state index in [1.807, 2.05) is 0 Å². The summed E-state index contributed by atoms with van der Waals surface area (Å²) >= 11 is 0. The van der Waals surface area contributed by atoms with Gasteiger partial charge in [-0.1, -0.05) is 25.9 Å². The number of halogens is 1. The van der Waals surface area contributed by atoms with Crippen LogP contribution in [0.25, 0.3) is 0 Å². The van der Waals surface area contributed by atoms with Crippen LogP contribution < -0.4 is 5.32 Å². The maximum Gasteiger partial charge on any atom is 0.229 e. The molecule has 1 aliphatic rings. The summed E-state index contributed by atoms with van der Waals surface area (Å²) in [6.45, 7) is 8.74. The maximum atomic E-state index is 5.59. The van der Waals surface area contributed by atoms with Crippen molar-refractivity contribution in [3.63, 3.8) is 0 Å². The fourth-order valence-electron chi connectivity index (χ4n) is 1.59. The van der Waals surface area contributed by atoms with Crippen molar-refractivity contribution in [1.82, 2.24) is 15.5 Å². The number of morpholine rings is 1. The van der Waals surface area contributed by atoms with Crippen molar-refractivity contribution in [2.45, 2.75) is 38.7 Å². The van der Waals surface area contributed by atoms with E-state index < -0.39 is 0 Å². The number of nitrogens with one attached hydrogen (secondary N) is 1. The van der Waals surface area contributed by atoms with Crippen LogP contribution in [-0.2, 0) is 16.6 Å². The number of hydrogen-bond acceptors (Lipinski definition) is 5. The number of ether oxygens (including phenoxy) is 1. The van der Waals surface area contributed by atoms with Crippen molar-refractivity contribution in [2.75, 3.05) is 19.7 Å². The monoisotopic (exact) mass is 261 g/mol. The summed E-state index contributed by atoms with van der Waals surface area (Å²) in [6, 6.07) is 0. The lowest BCUT2D eigenvalue weighted by molar-refractivity contribution is 0.0246. The molecule has 1 saturated heterocycles. The minimum Gasteiger partial charge on any atom is -0.375 e. The molecule has 2 rings (SSSR count). The van der Waals surface area contributed by atoms with Gasteiger partial charge in [-0.3, -0.25) is 0 Å². The number of rotatable bonds is 2. The largest absolute Gasteiger partial charge is 0.375 e. The zero-order valence-electron chi connectivity index (χ0n) is 10.5. The Hall–Kier alpha value is -0.650. The van der Waals surface area contributed by atoms with E-state index in [2.05, 4.69) is 36.2 Å². The summed E-state index contributed by atoms with van der Waals surface area (Å²) < 4.78 is 10.8. The van der Waals surface area contributed by atoms with Crippen LogP contribution in [0, 0.1) is 0 Å². The molecular weight excluding hydrogens is 242 g/mol. The third-order valence-electron chi connectivity index (χ3n) is 2.55. The van der Waals surface area contributed by atoms with E-state index in [1.165, 1.54) is 0 Å². The van der Waals surface area contributed by atoms with Gasteiger partial charge in [0.1, 0.15) is 0 Å². The highest BCUT2D eigenvalue weighted by Gasteiger charge is 2.23. The van der Waals surface area contributed by atoms with E-state index >= 15 is 0 Å². The van der Waals surface area contributed by atoms with Gasteiger partial charge in [0.25, 0.3) is 0 Å². The van der Waals surface area contributed by atoms with Crippen LogP contribution in [0.15, 0.2) is 4.52 Å². The van der Waals surface area contributed by atoms with Gasteiger partial charge in [0.15, 0.2) is 5.82 Å². The lowest BCUT2D eigenvalue weighted by Crippen LogP contribution is -2.39. The summed E-state index contributed by atoms with van der Waals surface area (Å²) in [5.41, 5.74) is -0.0621. The zero-order valence-corrected chi connectivity index (χ0v) is 11.3. The van der Waals surface area contributed by atoms with Crippen LogP contribution in [0.2, 0.25) is 0 Å². The topological polar surface area (TPSA) is 60.2 Å². The van der Waals surface area contributed by atoms with Gasteiger partial charge < -0.3 is 14.6 Å². The van der Waals surface area contributed by atoms with Gasteiger partial charge in [-0.05, 0) is 0 Å². The summed E-state index contributed by atoms with van der Waals surface area (Å²) in [7, 11) is 0. The molecule has 0 amide bonds. The minimum absolute atomic E-state index is 0. The van der Waals surface area contributed by atoms with Crippen LogP contribution >= 0.6 is 12.4 Å². The van der Waals surface area contributed by atoms with Crippen LogP contribution in [-0.4, -0.2) is 35.9 Å². The van der Waals surface area contributed by atoms with Gasteiger partial charge in [-0.2, -0.15) is 4.98 Å². The first-order chi connectivity index (χ1) is 7.55. The molecule has 17 heavy (non-hydrogen) atoms. The predicted octanol–water partition coefficient (Wildman–Crippen LogP) is 1.32. The third kappa shape index (κ3) is 3.94. The molecule has 0 saturated carbocycles. The maximum absolute atomic E-state index is 5.59. The lowest BCUT2D eigenvalue weighted by Gasteiger charge is -2.22. The predicted molar refractivity (Wildman–Crippen MR) is 66.6 cm³/mol. The fourth-order valence-corrected chi connectivity index (χ4v) is 1.59. The van der Waals surface area contributed by atoms with Crippen molar-refractivity contribution in [3.05, 3.63) is 11.7 Å². The molecule has 1 unspecified atom stereocenters. The number of nitrogens with zero attached hydrogens (tertiary/aromatic N) is 2. The molecule has 0 radical (unpaired) electrons. The Morgan fingerprint density at radius 3 is 2.71 bits per heavy atom. The first-order valence-corrected chi connectivity index (χ1v) is 5.71. The molecule has 1 N–H and O–H groups in total. The second-order valence-electron chi connectivity index (χ2n) is 5.16. The van der Waals surface area contributed by atoms with Gasteiger partial charge in [0, 0.05) is 18.5 Å². The molecule has 1 atom stereocenters. The van der Waals surface area contributed by atoms with Crippen LogP contribution in [0.5, 0.6) is 0 Å². The first kappa shape index (κ1) is 14.4. The minimum atomic E-state index is -0.0621. The van der Waals surface area contributed by atoms with Gasteiger partial charge >= 0.3 is 0 Å². The Kier molecular flexibility index (Phi) is 4.91. The molecule has 0 aliphatic carbocycles. The summed E-state index contributed by atoms with van der Waals surface area (Å²) in [5, 5.41) is 7.27. The van der Waals surface area contributed by atoms with Crippen molar-refractivity contribution >= 4 is 12.4 Å². The Morgan fingerprint density at radius 1 is 1.41 bits per heavy atom. The molecule has 1 aromatic rings. The van der Waals surface area contributed by atoms with Crippen LogP contribution in [0.4, 0.5) is 0 Å². The highest BCUT2D eigenvalue weighted by atomic mass is 35.5. The molecular formula is C11H20ClN3O2. The first-order valence-electron chi connectivity index (χ1n) is 5.71. The summed E-state index contributed by atoms with van der Waals surface area (Å²) in [4.78, 5) is 4.39. The van der Waals surface area contributed by atoms with E-state index in [0.29, 0.717) is 12.3 Å². The van der Waals surface area contributed by atoms with E-state index in [9.17, 15) is 0 Å². The van der Waals surface area contributed by atoms with Gasteiger partial charge in [-0.15, -0.1) is 12.4 Å². The van der Waals surface area contributed by atoms with Gasteiger partial charge in [0.05, 0.1) is 19.1 Å². The Balaban J connectivity index is 0.00000144. The summed E-state index contributed by atoms with van der Waals surface area (Å²) in [6.07, 6.45) is 0.845. The average Bonchev–Trinajstić information content (AvgIpc) is 2.67. The van der Waals surface area contributed by atoms with Crippen molar-refractivity contribution in [2.24, 2.45) is 0 Å². The SMILES string of the molecule is CC(C)(C)c1noc(CC2CNCCO2)n1.Cl. The highest BCUT2D eigenvalue weighted by Crippen LogP contribution is 2.19. The highest BCUT2D eigenvalue weighted by molar-refractivity contribution is 5.85. The van der Waals surface area contributed by atoms with E-state index in [0.717, 1.165) is 25.5 Å². The molecule has 6 heteroatoms. The second-order valence-corrected chi connectivity index (χ2v) is 5.16. The Bertz CT molecular complexity index is 343. The van der Waals surface area contributed by atoms with E-state index in [1.54, 1.807) is 0 Å². The molecule has 2 heterocycles. The normalized spacial score (nSPS) is 21.0. The van der Waals surface area contributed by atoms with E-state index in [4.69, 9.17) is 9.26 Å².